The molecule has 0 radical (unpaired) electrons. The van der Waals surface area contributed by atoms with E-state index in [0.29, 0.717) is 16.5 Å². The van der Waals surface area contributed by atoms with E-state index in [0.717, 1.165) is 31.9 Å². The molecule has 0 bridgehead atoms. The number of anilines is 2. The maximum absolute atomic E-state index is 12.4. The van der Waals surface area contributed by atoms with E-state index in [9.17, 15) is 14.9 Å². The van der Waals surface area contributed by atoms with Gasteiger partial charge in [-0.05, 0) is 30.3 Å². The number of piperazine rings is 1. The zero-order valence-corrected chi connectivity index (χ0v) is 16.2. The van der Waals surface area contributed by atoms with Crippen LogP contribution in [0.4, 0.5) is 17.1 Å². The summed E-state index contributed by atoms with van der Waals surface area (Å²) in [5.74, 6) is 0.421. The van der Waals surface area contributed by atoms with E-state index in [1.807, 2.05) is 0 Å². The first-order valence-electron chi connectivity index (χ1n) is 8.81. The Kier molecular flexibility index (Phi) is 6.33. The highest BCUT2D eigenvalue weighted by Gasteiger charge is 2.20. The zero-order valence-electron chi connectivity index (χ0n) is 15.4. The summed E-state index contributed by atoms with van der Waals surface area (Å²) in [6.07, 6.45) is 0. The molecule has 2 aromatic carbocycles. The Morgan fingerprint density at radius 3 is 2.46 bits per heavy atom. The number of amides is 1. The number of ether oxygens (including phenoxy) is 1. The first-order valence-corrected chi connectivity index (χ1v) is 9.19. The van der Waals surface area contributed by atoms with E-state index in [1.54, 1.807) is 30.3 Å². The molecule has 1 aliphatic heterocycles. The third-order valence-corrected chi connectivity index (χ3v) is 4.84. The molecular weight excluding hydrogens is 384 g/mol. The van der Waals surface area contributed by atoms with Gasteiger partial charge in [-0.1, -0.05) is 11.6 Å². The Bertz CT molecular complexity index is 852. The van der Waals surface area contributed by atoms with Crippen LogP contribution in [0.5, 0.6) is 5.75 Å². The number of hydrogen-bond acceptors (Lipinski definition) is 6. The van der Waals surface area contributed by atoms with Crippen molar-refractivity contribution in [1.29, 1.82) is 0 Å². The molecule has 1 aliphatic rings. The fourth-order valence-electron chi connectivity index (χ4n) is 3.12. The van der Waals surface area contributed by atoms with Crippen molar-refractivity contribution in [2.45, 2.75) is 0 Å². The molecule has 8 nitrogen and oxygen atoms in total. The average molecular weight is 405 g/mol. The summed E-state index contributed by atoms with van der Waals surface area (Å²) in [5, 5.41) is 14.1. The molecule has 1 fully saturated rings. The molecule has 148 valence electrons. The minimum atomic E-state index is -0.407. The van der Waals surface area contributed by atoms with Gasteiger partial charge in [-0.3, -0.25) is 19.8 Å². The quantitative estimate of drug-likeness (QED) is 0.588. The molecule has 1 heterocycles. The molecule has 1 saturated heterocycles. The third kappa shape index (κ3) is 4.90. The van der Waals surface area contributed by atoms with E-state index >= 15 is 0 Å². The van der Waals surface area contributed by atoms with Gasteiger partial charge in [-0.25, -0.2) is 0 Å². The number of rotatable bonds is 6. The lowest BCUT2D eigenvalue weighted by Crippen LogP contribution is -2.48. The minimum Gasteiger partial charge on any atom is -0.495 e. The van der Waals surface area contributed by atoms with Crippen LogP contribution in [0.2, 0.25) is 5.02 Å². The van der Waals surface area contributed by atoms with Gasteiger partial charge in [0.25, 0.3) is 5.69 Å². The van der Waals surface area contributed by atoms with E-state index in [4.69, 9.17) is 16.3 Å². The molecule has 2 aromatic rings. The lowest BCUT2D eigenvalue weighted by molar-refractivity contribution is -0.384. The number of carbonyl (C=O) groups excluding carboxylic acids is 1. The lowest BCUT2D eigenvalue weighted by Gasteiger charge is -2.35. The molecule has 0 saturated carbocycles. The second-order valence-electron chi connectivity index (χ2n) is 6.43. The Labute approximate surface area is 167 Å². The SMILES string of the molecule is COc1ccc(Cl)cc1NC(=O)CN1CCN(c2ccc([N+](=O)[O-])cc2)CC1. The summed E-state index contributed by atoms with van der Waals surface area (Å²) in [4.78, 5) is 26.9. The lowest BCUT2D eigenvalue weighted by atomic mass is 10.2. The predicted octanol–water partition coefficient (Wildman–Crippen LogP) is 3.02. The van der Waals surface area contributed by atoms with Crippen LogP contribution in [-0.4, -0.2) is 55.6 Å². The zero-order chi connectivity index (χ0) is 20.1. The number of methoxy groups -OCH3 is 1. The number of halogens is 1. The highest BCUT2D eigenvalue weighted by Crippen LogP contribution is 2.27. The minimum absolute atomic E-state index is 0.0792. The third-order valence-electron chi connectivity index (χ3n) is 4.60. The largest absolute Gasteiger partial charge is 0.495 e. The maximum Gasteiger partial charge on any atom is 0.269 e. The number of nitrogens with one attached hydrogen (secondary N) is 1. The number of nitrogens with zero attached hydrogens (tertiary/aromatic N) is 3. The van der Waals surface area contributed by atoms with Crippen LogP contribution < -0.4 is 15.0 Å². The van der Waals surface area contributed by atoms with Gasteiger partial charge >= 0.3 is 0 Å². The molecule has 9 heteroatoms. The van der Waals surface area contributed by atoms with Crippen LogP contribution in [-0.2, 0) is 4.79 Å². The summed E-state index contributed by atoms with van der Waals surface area (Å²) < 4.78 is 5.24. The molecule has 0 aliphatic carbocycles. The number of carbonyl (C=O) groups is 1. The second-order valence-corrected chi connectivity index (χ2v) is 6.87. The van der Waals surface area contributed by atoms with Crippen molar-refractivity contribution >= 4 is 34.6 Å². The Morgan fingerprint density at radius 2 is 1.86 bits per heavy atom. The van der Waals surface area contributed by atoms with Crippen LogP contribution >= 0.6 is 11.6 Å². The normalized spacial score (nSPS) is 14.6. The van der Waals surface area contributed by atoms with Crippen molar-refractivity contribution in [2.75, 3.05) is 50.1 Å². The van der Waals surface area contributed by atoms with Crippen molar-refractivity contribution in [3.8, 4) is 5.75 Å². The number of nitro groups is 1. The van der Waals surface area contributed by atoms with Crippen LogP contribution in [0.25, 0.3) is 0 Å². The van der Waals surface area contributed by atoms with Gasteiger partial charge in [0.1, 0.15) is 5.75 Å². The van der Waals surface area contributed by atoms with Crippen LogP contribution in [0, 0.1) is 10.1 Å². The highest BCUT2D eigenvalue weighted by molar-refractivity contribution is 6.31. The predicted molar refractivity (Wildman–Crippen MR) is 108 cm³/mol. The van der Waals surface area contributed by atoms with Gasteiger partial charge < -0.3 is 15.0 Å². The van der Waals surface area contributed by atoms with Crippen LogP contribution in [0.15, 0.2) is 42.5 Å². The highest BCUT2D eigenvalue weighted by atomic mass is 35.5. The maximum atomic E-state index is 12.4. The summed E-state index contributed by atoms with van der Waals surface area (Å²) in [7, 11) is 1.54. The van der Waals surface area contributed by atoms with Gasteiger partial charge in [0.2, 0.25) is 5.91 Å². The second kappa shape index (κ2) is 8.90. The summed E-state index contributed by atoms with van der Waals surface area (Å²) >= 11 is 5.99. The fourth-order valence-corrected chi connectivity index (χ4v) is 3.29. The molecule has 0 atom stereocenters. The van der Waals surface area contributed by atoms with Gasteiger partial charge in [0.05, 0.1) is 24.3 Å². The fraction of sp³-hybridized carbons (Fsp3) is 0.316. The molecule has 1 N–H and O–H groups in total. The van der Waals surface area contributed by atoms with E-state index < -0.39 is 4.92 Å². The first kappa shape index (κ1) is 19.9. The van der Waals surface area contributed by atoms with Gasteiger partial charge in [-0.2, -0.15) is 0 Å². The Morgan fingerprint density at radius 1 is 1.18 bits per heavy atom. The van der Waals surface area contributed by atoms with Crippen LogP contribution in [0.1, 0.15) is 0 Å². The van der Waals surface area contributed by atoms with E-state index in [2.05, 4.69) is 15.1 Å². The topological polar surface area (TPSA) is 88.0 Å². The van der Waals surface area contributed by atoms with Crippen molar-refractivity contribution in [3.63, 3.8) is 0 Å². The molecule has 3 rings (SSSR count). The van der Waals surface area contributed by atoms with Gasteiger partial charge in [-0.15, -0.1) is 0 Å². The Balaban J connectivity index is 1.52. The number of non-ortho nitro benzene ring substituents is 1. The van der Waals surface area contributed by atoms with Gasteiger partial charge in [0.15, 0.2) is 0 Å². The smallest absolute Gasteiger partial charge is 0.269 e. The molecule has 0 spiro atoms. The standard InChI is InChI=1S/C19H21ClN4O4/c1-28-18-7-2-14(20)12-17(18)21-19(25)13-22-8-10-23(11-9-22)15-3-5-16(6-4-15)24(26)27/h2-7,12H,8-11,13H2,1H3,(H,21,25). The average Bonchev–Trinajstić information content (AvgIpc) is 2.69. The number of hydrogen-bond donors (Lipinski definition) is 1. The van der Waals surface area contributed by atoms with Crippen molar-refractivity contribution in [2.24, 2.45) is 0 Å². The number of benzene rings is 2. The van der Waals surface area contributed by atoms with Crippen molar-refractivity contribution in [3.05, 3.63) is 57.6 Å². The molecule has 0 aromatic heterocycles. The summed E-state index contributed by atoms with van der Waals surface area (Å²) in [6.45, 7) is 3.19. The van der Waals surface area contributed by atoms with Gasteiger partial charge in [0, 0.05) is 49.0 Å². The van der Waals surface area contributed by atoms with E-state index in [-0.39, 0.29) is 18.1 Å². The molecular formula is C19H21ClN4O4. The first-order chi connectivity index (χ1) is 13.5. The van der Waals surface area contributed by atoms with Crippen LogP contribution in [0.3, 0.4) is 0 Å². The summed E-state index contributed by atoms with van der Waals surface area (Å²) in [6, 6.07) is 11.6. The Hall–Kier alpha value is -2.84. The van der Waals surface area contributed by atoms with Crippen molar-refractivity contribution < 1.29 is 14.5 Å². The number of nitro benzene ring substituents is 1. The molecule has 1 amide bonds. The van der Waals surface area contributed by atoms with Crippen molar-refractivity contribution in [1.82, 2.24) is 4.90 Å². The summed E-state index contributed by atoms with van der Waals surface area (Å²) in [5.41, 5.74) is 1.57. The molecule has 0 unspecified atom stereocenters. The van der Waals surface area contributed by atoms with E-state index in [1.165, 1.54) is 19.2 Å². The molecule has 28 heavy (non-hydrogen) atoms. The monoisotopic (exact) mass is 404 g/mol.